The van der Waals surface area contributed by atoms with Gasteiger partial charge in [-0.1, -0.05) is 43.2 Å². The summed E-state index contributed by atoms with van der Waals surface area (Å²) < 4.78 is 0. The molecule has 0 bridgehead atoms. The van der Waals surface area contributed by atoms with Crippen LogP contribution in [0.3, 0.4) is 0 Å². The third kappa shape index (κ3) is 4.66. The van der Waals surface area contributed by atoms with Gasteiger partial charge in [-0.15, -0.1) is 0 Å². The Balaban J connectivity index is 1.62. The number of aryl methyl sites for hydroxylation is 2. The summed E-state index contributed by atoms with van der Waals surface area (Å²) in [6, 6.07) is 16.5. The summed E-state index contributed by atoms with van der Waals surface area (Å²) >= 11 is 0. The highest BCUT2D eigenvalue weighted by molar-refractivity contribution is 5.86. The van der Waals surface area contributed by atoms with Gasteiger partial charge >= 0.3 is 0 Å². The predicted octanol–water partition coefficient (Wildman–Crippen LogP) is 5.56. The Morgan fingerprint density at radius 3 is 2.24 bits per heavy atom. The van der Waals surface area contributed by atoms with Crippen molar-refractivity contribution in [3.05, 3.63) is 72.1 Å². The lowest BCUT2D eigenvalue weighted by atomic mass is 10.1. The van der Waals surface area contributed by atoms with Gasteiger partial charge in [0.25, 0.3) is 0 Å². The minimum atomic E-state index is 0.480. The van der Waals surface area contributed by atoms with Gasteiger partial charge in [-0.3, -0.25) is 0 Å². The molecule has 29 heavy (non-hydrogen) atoms. The lowest BCUT2D eigenvalue weighted by Crippen LogP contribution is -2.04. The van der Waals surface area contributed by atoms with Crippen LogP contribution in [0, 0.1) is 6.92 Å². The first kappa shape index (κ1) is 18.8. The first-order valence-corrected chi connectivity index (χ1v) is 9.89. The van der Waals surface area contributed by atoms with Gasteiger partial charge in [0.1, 0.15) is 0 Å². The number of hydrogen-bond donors (Lipinski definition) is 2. The van der Waals surface area contributed by atoms with E-state index in [0.29, 0.717) is 22.9 Å². The molecule has 2 N–H and O–H groups in total. The standard InChI is InChI=1S/C23H24N6/c1-3-4-5-17-8-12-19(13-9-17)27-23-28-21-20(24-14-15-25-21)22(29-23)26-18-10-6-16(2)7-11-18/h6-15H,3-5H2,1-2H3,(H2,25,26,27,28,29). The Bertz CT molecular complexity index is 1090. The van der Waals surface area contributed by atoms with Crippen molar-refractivity contribution in [3.8, 4) is 0 Å². The number of nitrogens with one attached hydrogen (secondary N) is 2. The first-order valence-electron chi connectivity index (χ1n) is 9.89. The van der Waals surface area contributed by atoms with Gasteiger partial charge in [0.2, 0.25) is 5.95 Å². The minimum absolute atomic E-state index is 0.480. The van der Waals surface area contributed by atoms with E-state index in [2.05, 4.69) is 80.8 Å². The molecule has 0 saturated carbocycles. The SMILES string of the molecule is CCCCc1ccc(Nc2nc(Nc3ccc(C)cc3)c3nccnc3n2)cc1. The molecule has 0 aliphatic heterocycles. The number of rotatable bonds is 7. The van der Waals surface area contributed by atoms with Crippen molar-refractivity contribution in [1.29, 1.82) is 0 Å². The molecule has 0 aliphatic rings. The van der Waals surface area contributed by atoms with E-state index in [1.54, 1.807) is 12.4 Å². The maximum Gasteiger partial charge on any atom is 0.231 e. The molecule has 0 unspecified atom stereocenters. The van der Waals surface area contributed by atoms with Gasteiger partial charge in [0.15, 0.2) is 17.0 Å². The molecule has 0 aliphatic carbocycles. The van der Waals surface area contributed by atoms with Gasteiger partial charge in [-0.25, -0.2) is 9.97 Å². The highest BCUT2D eigenvalue weighted by atomic mass is 15.2. The molecule has 0 fully saturated rings. The van der Waals surface area contributed by atoms with Crippen LogP contribution in [0.4, 0.5) is 23.1 Å². The van der Waals surface area contributed by atoms with Crippen LogP contribution in [0.1, 0.15) is 30.9 Å². The maximum atomic E-state index is 4.65. The first-order chi connectivity index (χ1) is 14.2. The normalized spacial score (nSPS) is 10.8. The fourth-order valence-electron chi connectivity index (χ4n) is 3.05. The molecule has 4 rings (SSSR count). The van der Waals surface area contributed by atoms with Gasteiger partial charge in [-0.05, 0) is 49.6 Å². The highest BCUT2D eigenvalue weighted by Gasteiger charge is 2.11. The molecule has 0 saturated heterocycles. The Labute approximate surface area is 170 Å². The largest absolute Gasteiger partial charge is 0.338 e. The number of aromatic nitrogens is 4. The lowest BCUT2D eigenvalue weighted by Gasteiger charge is -2.11. The third-order valence-electron chi connectivity index (χ3n) is 4.68. The van der Waals surface area contributed by atoms with Crippen LogP contribution in [0.25, 0.3) is 11.2 Å². The molecule has 6 nitrogen and oxygen atoms in total. The average molecular weight is 384 g/mol. The summed E-state index contributed by atoms with van der Waals surface area (Å²) in [5.41, 5.74) is 5.59. The molecule has 2 aromatic carbocycles. The Morgan fingerprint density at radius 2 is 1.48 bits per heavy atom. The summed E-state index contributed by atoms with van der Waals surface area (Å²) in [5, 5.41) is 6.62. The van der Waals surface area contributed by atoms with E-state index >= 15 is 0 Å². The molecule has 0 atom stereocenters. The second-order valence-corrected chi connectivity index (χ2v) is 7.04. The van der Waals surface area contributed by atoms with E-state index < -0.39 is 0 Å². The summed E-state index contributed by atoms with van der Waals surface area (Å²) in [7, 11) is 0. The fraction of sp³-hybridized carbons (Fsp3) is 0.217. The van der Waals surface area contributed by atoms with Crippen LogP contribution in [0.5, 0.6) is 0 Å². The summed E-state index contributed by atoms with van der Waals surface area (Å²) in [6.45, 7) is 4.27. The molecule has 146 valence electrons. The Hall–Kier alpha value is -3.54. The van der Waals surface area contributed by atoms with Crippen molar-refractivity contribution < 1.29 is 0 Å². The van der Waals surface area contributed by atoms with Gasteiger partial charge in [0.05, 0.1) is 0 Å². The zero-order valence-electron chi connectivity index (χ0n) is 16.7. The van der Waals surface area contributed by atoms with E-state index in [4.69, 9.17) is 0 Å². The quantitative estimate of drug-likeness (QED) is 0.434. The zero-order chi connectivity index (χ0) is 20.1. The molecule has 4 aromatic rings. The Morgan fingerprint density at radius 1 is 0.793 bits per heavy atom. The highest BCUT2D eigenvalue weighted by Crippen LogP contribution is 2.24. The minimum Gasteiger partial charge on any atom is -0.338 e. The topological polar surface area (TPSA) is 75.6 Å². The Kier molecular flexibility index (Phi) is 5.61. The van der Waals surface area contributed by atoms with Gasteiger partial charge < -0.3 is 10.6 Å². The predicted molar refractivity (Wildman–Crippen MR) is 118 cm³/mol. The van der Waals surface area contributed by atoms with Gasteiger partial charge in [-0.2, -0.15) is 9.97 Å². The van der Waals surface area contributed by atoms with Crippen molar-refractivity contribution in [2.75, 3.05) is 10.6 Å². The van der Waals surface area contributed by atoms with Crippen LogP contribution < -0.4 is 10.6 Å². The third-order valence-corrected chi connectivity index (χ3v) is 4.68. The smallest absolute Gasteiger partial charge is 0.231 e. The summed E-state index contributed by atoms with van der Waals surface area (Å²) in [4.78, 5) is 17.9. The van der Waals surface area contributed by atoms with E-state index in [-0.39, 0.29) is 0 Å². The van der Waals surface area contributed by atoms with Crippen molar-refractivity contribution in [2.24, 2.45) is 0 Å². The van der Waals surface area contributed by atoms with Crippen molar-refractivity contribution >= 4 is 34.3 Å². The number of benzene rings is 2. The second-order valence-electron chi connectivity index (χ2n) is 7.04. The van der Waals surface area contributed by atoms with E-state index in [1.165, 1.54) is 24.0 Å². The molecule has 0 radical (unpaired) electrons. The van der Waals surface area contributed by atoms with Crippen LogP contribution >= 0.6 is 0 Å². The van der Waals surface area contributed by atoms with E-state index in [9.17, 15) is 0 Å². The summed E-state index contributed by atoms with van der Waals surface area (Å²) in [6.07, 6.45) is 6.78. The van der Waals surface area contributed by atoms with Crippen molar-refractivity contribution in [3.63, 3.8) is 0 Å². The van der Waals surface area contributed by atoms with Crippen molar-refractivity contribution in [1.82, 2.24) is 19.9 Å². The van der Waals surface area contributed by atoms with E-state index in [1.807, 2.05) is 12.1 Å². The lowest BCUT2D eigenvalue weighted by molar-refractivity contribution is 0.795. The van der Waals surface area contributed by atoms with Gasteiger partial charge in [0, 0.05) is 23.8 Å². The van der Waals surface area contributed by atoms with Crippen LogP contribution in [0.2, 0.25) is 0 Å². The molecular weight excluding hydrogens is 360 g/mol. The molecular formula is C23H24N6. The molecule has 0 spiro atoms. The van der Waals surface area contributed by atoms with E-state index in [0.717, 1.165) is 17.8 Å². The summed E-state index contributed by atoms with van der Waals surface area (Å²) in [5.74, 6) is 1.10. The molecule has 2 heterocycles. The maximum absolute atomic E-state index is 4.65. The molecule has 0 amide bonds. The van der Waals surface area contributed by atoms with Crippen molar-refractivity contribution in [2.45, 2.75) is 33.1 Å². The molecule has 2 aromatic heterocycles. The second kappa shape index (κ2) is 8.65. The number of nitrogens with zero attached hydrogens (tertiary/aromatic N) is 4. The zero-order valence-corrected chi connectivity index (χ0v) is 16.7. The molecule has 6 heteroatoms. The number of fused-ring (bicyclic) bond motifs is 1. The number of anilines is 4. The van der Waals surface area contributed by atoms with Crippen LogP contribution in [-0.4, -0.2) is 19.9 Å². The number of unbranched alkanes of at least 4 members (excludes halogenated alkanes) is 1. The fourth-order valence-corrected chi connectivity index (χ4v) is 3.05. The van der Waals surface area contributed by atoms with Crippen LogP contribution in [-0.2, 0) is 6.42 Å². The average Bonchev–Trinajstić information content (AvgIpc) is 2.75. The number of hydrogen-bond acceptors (Lipinski definition) is 6. The monoisotopic (exact) mass is 384 g/mol. The van der Waals surface area contributed by atoms with Crippen LogP contribution in [0.15, 0.2) is 60.9 Å².